The molecule has 0 fully saturated rings. The van der Waals surface area contributed by atoms with Gasteiger partial charge in [-0.1, -0.05) is 72.8 Å². The largest absolute Gasteiger partial charge is 0.478 e. The van der Waals surface area contributed by atoms with Gasteiger partial charge < -0.3 is 14.8 Å². The van der Waals surface area contributed by atoms with Crippen LogP contribution < -0.4 is 10.1 Å². The number of carbonyl (C=O) groups is 2. The number of halogens is 1. The van der Waals surface area contributed by atoms with Gasteiger partial charge in [0, 0.05) is 29.6 Å². The number of aromatic nitrogens is 1. The molecule has 2 heterocycles. The third-order valence-corrected chi connectivity index (χ3v) is 7.05. The number of methoxy groups -OCH3 is 1. The summed E-state index contributed by atoms with van der Waals surface area (Å²) in [5, 5.41) is 3.37. The predicted octanol–water partition coefficient (Wildman–Crippen LogP) is 6.16. The van der Waals surface area contributed by atoms with Crippen LogP contribution >= 0.6 is 0 Å². The number of rotatable bonds is 7. The van der Waals surface area contributed by atoms with E-state index in [0.29, 0.717) is 34.3 Å². The molecule has 0 radical (unpaired) electrons. The van der Waals surface area contributed by atoms with Crippen LogP contribution in [0.2, 0.25) is 0 Å². The van der Waals surface area contributed by atoms with Crippen molar-refractivity contribution in [1.29, 1.82) is 0 Å². The monoisotopic (exact) mass is 532 g/mol. The van der Waals surface area contributed by atoms with Gasteiger partial charge in [-0.05, 0) is 41.0 Å². The van der Waals surface area contributed by atoms with Crippen LogP contribution in [0.3, 0.4) is 0 Å². The molecule has 0 bridgehead atoms. The maximum absolute atomic E-state index is 13.5. The highest BCUT2D eigenvalue weighted by Crippen LogP contribution is 2.41. The molecule has 1 aromatic heterocycles. The molecule has 1 amide bonds. The summed E-state index contributed by atoms with van der Waals surface area (Å²) in [5.41, 5.74) is 4.80. The summed E-state index contributed by atoms with van der Waals surface area (Å²) in [6.45, 7) is 0.170. The van der Waals surface area contributed by atoms with Crippen LogP contribution in [0.5, 0.6) is 5.75 Å². The highest BCUT2D eigenvalue weighted by Gasteiger charge is 2.34. The Kier molecular flexibility index (Phi) is 6.70. The molecule has 5 aromatic rings. The average molecular weight is 533 g/mol. The Morgan fingerprint density at radius 1 is 0.925 bits per heavy atom. The molecule has 1 N–H and O–H groups in total. The zero-order chi connectivity index (χ0) is 27.6. The summed E-state index contributed by atoms with van der Waals surface area (Å²) in [4.78, 5) is 31.2. The minimum absolute atomic E-state index is 0.170. The van der Waals surface area contributed by atoms with Gasteiger partial charge in [-0.15, -0.1) is 0 Å². The van der Waals surface area contributed by atoms with Crippen molar-refractivity contribution < 1.29 is 23.5 Å². The number of benzene rings is 4. The van der Waals surface area contributed by atoms with Gasteiger partial charge in [-0.25, -0.2) is 14.2 Å². The second-order valence-corrected chi connectivity index (χ2v) is 9.55. The number of ether oxygens (including phenoxy) is 2. The molecule has 0 unspecified atom stereocenters. The summed E-state index contributed by atoms with van der Waals surface area (Å²) < 4.78 is 25.4. The number of amides is 1. The van der Waals surface area contributed by atoms with E-state index >= 15 is 0 Å². The Morgan fingerprint density at radius 3 is 2.20 bits per heavy atom. The number of hydrogen-bond acceptors (Lipinski definition) is 5. The fraction of sp³-hybridized carbons (Fsp3) is 0.121. The molecule has 0 aliphatic carbocycles. The molecule has 0 spiro atoms. The lowest BCUT2D eigenvalue weighted by molar-refractivity contribution is 0.0601. The normalized spacial score (nSPS) is 12.3. The molecule has 40 heavy (non-hydrogen) atoms. The Labute approximate surface area is 230 Å². The lowest BCUT2D eigenvalue weighted by atomic mass is 9.95. The van der Waals surface area contributed by atoms with Crippen molar-refractivity contribution in [3.63, 3.8) is 0 Å². The minimum atomic E-state index is -0.556. The first-order chi connectivity index (χ1) is 19.5. The lowest BCUT2D eigenvalue weighted by Gasteiger charge is -2.23. The number of pyridine rings is 1. The van der Waals surface area contributed by atoms with E-state index in [1.165, 1.54) is 19.2 Å². The highest BCUT2D eigenvalue weighted by atomic mass is 19.1. The van der Waals surface area contributed by atoms with Gasteiger partial charge in [0.05, 0.1) is 18.2 Å². The number of nitrogens with one attached hydrogen (secondary N) is 1. The summed E-state index contributed by atoms with van der Waals surface area (Å²) in [7, 11) is 1.31. The smallest absolute Gasteiger partial charge is 0.338 e. The van der Waals surface area contributed by atoms with Crippen molar-refractivity contribution >= 4 is 22.8 Å². The van der Waals surface area contributed by atoms with Crippen LogP contribution in [0.15, 0.2) is 97.1 Å². The van der Waals surface area contributed by atoms with Crippen molar-refractivity contribution in [2.45, 2.75) is 19.1 Å². The maximum Gasteiger partial charge on any atom is 0.338 e. The third kappa shape index (κ3) is 4.66. The van der Waals surface area contributed by atoms with Gasteiger partial charge in [-0.3, -0.25) is 4.79 Å². The van der Waals surface area contributed by atoms with Crippen LogP contribution in [0.4, 0.5) is 4.39 Å². The summed E-state index contributed by atoms with van der Waals surface area (Å²) in [5.74, 6) is -0.919. The number of esters is 1. The van der Waals surface area contributed by atoms with E-state index in [9.17, 15) is 14.0 Å². The molecule has 0 atom stereocenters. The van der Waals surface area contributed by atoms with Gasteiger partial charge in [0.1, 0.15) is 17.4 Å². The quantitative estimate of drug-likeness (QED) is 0.254. The number of hydrogen-bond donors (Lipinski definition) is 1. The second kappa shape index (κ2) is 10.6. The zero-order valence-corrected chi connectivity index (χ0v) is 21.7. The van der Waals surface area contributed by atoms with Crippen LogP contribution in [-0.4, -0.2) is 24.0 Å². The fourth-order valence-electron chi connectivity index (χ4n) is 5.15. The molecule has 1 aliphatic heterocycles. The van der Waals surface area contributed by atoms with Gasteiger partial charge in [0.2, 0.25) is 0 Å². The third-order valence-electron chi connectivity index (χ3n) is 7.05. The molecule has 6 rings (SSSR count). The standard InChI is InChI=1S/C33H25FN2O4/c1-39-33(38)27-25-17-16-24(18-20-12-14-23(34)15-13-20)36-29(25)31(28-26(27)19-35-32(28)37)40-30(21-8-4-2-5-9-21)22-10-6-3-7-11-22/h2-17,30H,18-19H2,1H3,(H,35,37). The van der Waals surface area contributed by atoms with Gasteiger partial charge in [-0.2, -0.15) is 0 Å². The topological polar surface area (TPSA) is 77.5 Å². The van der Waals surface area contributed by atoms with Crippen molar-refractivity contribution in [3.05, 3.63) is 142 Å². The van der Waals surface area contributed by atoms with E-state index in [2.05, 4.69) is 5.32 Å². The van der Waals surface area contributed by atoms with Crippen molar-refractivity contribution in [2.75, 3.05) is 7.11 Å². The van der Waals surface area contributed by atoms with E-state index in [1.54, 1.807) is 12.1 Å². The summed E-state index contributed by atoms with van der Waals surface area (Å²) in [6.07, 6.45) is -0.123. The number of nitrogens with zero attached hydrogens (tertiary/aromatic N) is 1. The average Bonchev–Trinajstić information content (AvgIpc) is 3.38. The molecule has 1 aliphatic rings. The Hall–Kier alpha value is -5.04. The summed E-state index contributed by atoms with van der Waals surface area (Å²) in [6, 6.07) is 29.3. The SMILES string of the molecule is COC(=O)c1c2c(c(OC(c3ccccc3)c3ccccc3)c3nc(Cc4ccc(F)cc4)ccc13)C(=O)NC2. The van der Waals surface area contributed by atoms with E-state index in [0.717, 1.165) is 16.7 Å². The van der Waals surface area contributed by atoms with Gasteiger partial charge in [0.25, 0.3) is 5.91 Å². The van der Waals surface area contributed by atoms with Crippen molar-refractivity contribution in [2.24, 2.45) is 0 Å². The van der Waals surface area contributed by atoms with E-state index in [1.807, 2.05) is 72.8 Å². The lowest BCUT2D eigenvalue weighted by Crippen LogP contribution is -2.16. The van der Waals surface area contributed by atoms with E-state index < -0.39 is 12.1 Å². The molecule has 4 aromatic carbocycles. The Balaban J connectivity index is 1.58. The van der Waals surface area contributed by atoms with E-state index in [-0.39, 0.29) is 29.4 Å². The Bertz CT molecular complexity index is 1680. The molecular formula is C33H25FN2O4. The molecular weight excluding hydrogens is 507 g/mol. The predicted molar refractivity (Wildman–Crippen MR) is 149 cm³/mol. The first kappa shape index (κ1) is 25.2. The van der Waals surface area contributed by atoms with Crippen LogP contribution in [0, 0.1) is 5.82 Å². The van der Waals surface area contributed by atoms with Gasteiger partial charge >= 0.3 is 5.97 Å². The summed E-state index contributed by atoms with van der Waals surface area (Å²) >= 11 is 0. The molecule has 0 saturated heterocycles. The first-order valence-electron chi connectivity index (χ1n) is 12.9. The number of fused-ring (bicyclic) bond motifs is 2. The number of carbonyl (C=O) groups excluding carboxylic acids is 2. The second-order valence-electron chi connectivity index (χ2n) is 9.55. The fourth-order valence-corrected chi connectivity index (χ4v) is 5.15. The van der Waals surface area contributed by atoms with Crippen LogP contribution in [-0.2, 0) is 17.7 Å². The van der Waals surface area contributed by atoms with Crippen molar-refractivity contribution in [1.82, 2.24) is 10.3 Å². The zero-order valence-electron chi connectivity index (χ0n) is 21.7. The first-order valence-corrected chi connectivity index (χ1v) is 12.9. The van der Waals surface area contributed by atoms with Crippen molar-refractivity contribution in [3.8, 4) is 5.75 Å². The van der Waals surface area contributed by atoms with Gasteiger partial charge in [0.15, 0.2) is 5.75 Å². The van der Waals surface area contributed by atoms with E-state index in [4.69, 9.17) is 14.5 Å². The highest BCUT2D eigenvalue weighted by molar-refractivity contribution is 6.14. The van der Waals surface area contributed by atoms with Crippen LogP contribution in [0.1, 0.15) is 54.8 Å². The Morgan fingerprint density at radius 2 is 1.57 bits per heavy atom. The maximum atomic E-state index is 13.5. The molecule has 198 valence electrons. The minimum Gasteiger partial charge on any atom is -0.478 e. The molecule has 0 saturated carbocycles. The molecule has 6 nitrogen and oxygen atoms in total. The molecule has 7 heteroatoms. The van der Waals surface area contributed by atoms with Crippen LogP contribution in [0.25, 0.3) is 10.9 Å².